The highest BCUT2D eigenvalue weighted by molar-refractivity contribution is 5.76. The van der Waals surface area contributed by atoms with Crippen LogP contribution in [0.3, 0.4) is 0 Å². The summed E-state index contributed by atoms with van der Waals surface area (Å²) in [5, 5.41) is 9.99. The average molecular weight is 328 g/mol. The Labute approximate surface area is 140 Å². The number of rotatable bonds is 3. The Bertz CT molecular complexity index is 744. The molecule has 0 atom stereocenters. The van der Waals surface area contributed by atoms with E-state index in [1.165, 1.54) is 12.1 Å². The first-order chi connectivity index (χ1) is 11.5. The first kappa shape index (κ1) is 16.2. The first-order valence-corrected chi connectivity index (χ1v) is 8.03. The minimum Gasteiger partial charge on any atom is -0.334 e. The quantitative estimate of drug-likeness (QED) is 0.909. The Kier molecular flexibility index (Phi) is 4.64. The molecular formula is C18H21FN4O. The second-order valence-corrected chi connectivity index (χ2v) is 6.00. The number of hydrogen-bond donors (Lipinski definition) is 2. The largest absolute Gasteiger partial charge is 0.334 e. The molecule has 0 saturated heterocycles. The molecule has 24 heavy (non-hydrogen) atoms. The number of nitrogens with zero attached hydrogens (tertiary/aromatic N) is 2. The van der Waals surface area contributed by atoms with Crippen LogP contribution in [0.25, 0.3) is 5.57 Å². The predicted molar refractivity (Wildman–Crippen MR) is 90.9 cm³/mol. The summed E-state index contributed by atoms with van der Waals surface area (Å²) < 4.78 is 13.0. The third-order valence-corrected chi connectivity index (χ3v) is 4.41. The molecule has 2 amide bonds. The maximum atomic E-state index is 13.0. The van der Waals surface area contributed by atoms with Gasteiger partial charge in [-0.05, 0) is 43.5 Å². The number of aromatic amines is 1. The van der Waals surface area contributed by atoms with Crippen LogP contribution in [0, 0.1) is 19.7 Å². The lowest BCUT2D eigenvalue weighted by atomic mass is 10.00. The summed E-state index contributed by atoms with van der Waals surface area (Å²) in [7, 11) is 0. The molecule has 0 bridgehead atoms. The van der Waals surface area contributed by atoms with E-state index in [1.807, 2.05) is 19.9 Å². The molecule has 0 aliphatic carbocycles. The van der Waals surface area contributed by atoms with Crippen molar-refractivity contribution in [3.8, 4) is 0 Å². The number of benzene rings is 1. The van der Waals surface area contributed by atoms with Gasteiger partial charge in [0.1, 0.15) is 5.82 Å². The Hall–Kier alpha value is -2.63. The van der Waals surface area contributed by atoms with Crippen LogP contribution in [0.2, 0.25) is 0 Å². The van der Waals surface area contributed by atoms with Gasteiger partial charge in [-0.25, -0.2) is 9.18 Å². The SMILES string of the molecule is Cc1n[nH]c(C)c1CNC(=O)N1CC=C(c2ccc(F)cc2)CC1. The zero-order valence-corrected chi connectivity index (χ0v) is 13.9. The van der Waals surface area contributed by atoms with Crippen molar-refractivity contribution in [2.45, 2.75) is 26.8 Å². The van der Waals surface area contributed by atoms with E-state index in [-0.39, 0.29) is 11.8 Å². The van der Waals surface area contributed by atoms with E-state index >= 15 is 0 Å². The summed E-state index contributed by atoms with van der Waals surface area (Å²) in [6.45, 7) is 5.54. The second-order valence-electron chi connectivity index (χ2n) is 6.00. The molecule has 0 radical (unpaired) electrons. The van der Waals surface area contributed by atoms with Crippen molar-refractivity contribution >= 4 is 11.6 Å². The fourth-order valence-electron chi connectivity index (χ4n) is 2.89. The molecule has 1 aromatic carbocycles. The summed E-state index contributed by atoms with van der Waals surface area (Å²) in [4.78, 5) is 14.1. The third-order valence-electron chi connectivity index (χ3n) is 4.41. The summed E-state index contributed by atoms with van der Waals surface area (Å²) in [5.74, 6) is -0.235. The molecule has 0 saturated carbocycles. The van der Waals surface area contributed by atoms with Gasteiger partial charge < -0.3 is 10.2 Å². The van der Waals surface area contributed by atoms with Crippen LogP contribution in [0.1, 0.15) is 28.9 Å². The Balaban J connectivity index is 1.57. The Morgan fingerprint density at radius 2 is 2.08 bits per heavy atom. The van der Waals surface area contributed by atoms with E-state index in [9.17, 15) is 9.18 Å². The standard InChI is InChI=1S/C18H21FN4O/c1-12-17(13(2)22-21-12)11-20-18(24)23-9-7-15(8-10-23)14-3-5-16(19)6-4-14/h3-7H,8-11H2,1-2H3,(H,20,24)(H,21,22). The third kappa shape index (κ3) is 3.48. The summed E-state index contributed by atoms with van der Waals surface area (Å²) in [6, 6.07) is 6.41. The average Bonchev–Trinajstić information content (AvgIpc) is 2.92. The summed E-state index contributed by atoms with van der Waals surface area (Å²) >= 11 is 0. The van der Waals surface area contributed by atoms with Crippen LogP contribution >= 0.6 is 0 Å². The molecule has 1 aliphatic rings. The topological polar surface area (TPSA) is 61.0 Å². The molecule has 0 unspecified atom stereocenters. The maximum Gasteiger partial charge on any atom is 0.317 e. The molecule has 6 heteroatoms. The van der Waals surface area contributed by atoms with Crippen LogP contribution < -0.4 is 5.32 Å². The van der Waals surface area contributed by atoms with Crippen molar-refractivity contribution in [2.24, 2.45) is 0 Å². The van der Waals surface area contributed by atoms with Gasteiger partial charge in [0.05, 0.1) is 5.69 Å². The molecule has 2 aromatic rings. The molecule has 126 valence electrons. The van der Waals surface area contributed by atoms with Gasteiger partial charge in [0.15, 0.2) is 0 Å². The number of halogens is 1. The van der Waals surface area contributed by atoms with Crippen LogP contribution in [0.5, 0.6) is 0 Å². The zero-order valence-electron chi connectivity index (χ0n) is 13.9. The van der Waals surface area contributed by atoms with Crippen molar-refractivity contribution in [3.63, 3.8) is 0 Å². The molecule has 2 N–H and O–H groups in total. The molecular weight excluding hydrogens is 307 g/mol. The Morgan fingerprint density at radius 1 is 1.33 bits per heavy atom. The molecule has 3 rings (SSSR count). The second kappa shape index (κ2) is 6.86. The molecule has 2 heterocycles. The van der Waals surface area contributed by atoms with E-state index in [0.29, 0.717) is 19.6 Å². The highest BCUT2D eigenvalue weighted by atomic mass is 19.1. The van der Waals surface area contributed by atoms with E-state index in [1.54, 1.807) is 17.0 Å². The van der Waals surface area contributed by atoms with Crippen molar-refractivity contribution in [2.75, 3.05) is 13.1 Å². The Morgan fingerprint density at radius 3 is 2.67 bits per heavy atom. The minimum absolute atomic E-state index is 0.0793. The van der Waals surface area contributed by atoms with Crippen molar-refractivity contribution in [1.82, 2.24) is 20.4 Å². The van der Waals surface area contributed by atoms with Gasteiger partial charge in [-0.15, -0.1) is 0 Å². The van der Waals surface area contributed by atoms with E-state index in [4.69, 9.17) is 0 Å². The molecule has 0 fully saturated rings. The lowest BCUT2D eigenvalue weighted by molar-refractivity contribution is 0.202. The monoisotopic (exact) mass is 328 g/mol. The molecule has 1 aliphatic heterocycles. The highest BCUT2D eigenvalue weighted by Gasteiger charge is 2.18. The minimum atomic E-state index is -0.235. The number of carbonyl (C=O) groups excluding carboxylic acids is 1. The van der Waals surface area contributed by atoms with Crippen LogP contribution in [-0.2, 0) is 6.54 Å². The molecule has 1 aromatic heterocycles. The number of nitrogens with one attached hydrogen (secondary N) is 2. The number of carbonyl (C=O) groups is 1. The number of hydrogen-bond acceptors (Lipinski definition) is 2. The van der Waals surface area contributed by atoms with Gasteiger partial charge in [0.25, 0.3) is 0 Å². The van der Waals surface area contributed by atoms with E-state index in [2.05, 4.69) is 15.5 Å². The number of aryl methyl sites for hydroxylation is 2. The smallest absolute Gasteiger partial charge is 0.317 e. The van der Waals surface area contributed by atoms with Crippen LogP contribution in [0.15, 0.2) is 30.3 Å². The number of amides is 2. The fraction of sp³-hybridized carbons (Fsp3) is 0.333. The van der Waals surface area contributed by atoms with E-state index in [0.717, 1.165) is 34.5 Å². The van der Waals surface area contributed by atoms with Gasteiger partial charge >= 0.3 is 6.03 Å². The highest BCUT2D eigenvalue weighted by Crippen LogP contribution is 2.22. The van der Waals surface area contributed by atoms with Crippen molar-refractivity contribution in [3.05, 3.63) is 58.7 Å². The van der Waals surface area contributed by atoms with Crippen LogP contribution in [-0.4, -0.2) is 34.2 Å². The maximum absolute atomic E-state index is 13.0. The predicted octanol–water partition coefficient (Wildman–Crippen LogP) is 3.16. The van der Waals surface area contributed by atoms with Crippen molar-refractivity contribution in [1.29, 1.82) is 0 Å². The fourth-order valence-corrected chi connectivity index (χ4v) is 2.89. The summed E-state index contributed by atoms with van der Waals surface area (Å²) in [5.41, 5.74) is 5.08. The normalized spacial score (nSPS) is 14.5. The van der Waals surface area contributed by atoms with Crippen LogP contribution in [0.4, 0.5) is 9.18 Å². The number of urea groups is 1. The van der Waals surface area contributed by atoms with Gasteiger partial charge in [-0.2, -0.15) is 5.10 Å². The summed E-state index contributed by atoms with van der Waals surface area (Å²) in [6.07, 6.45) is 2.80. The van der Waals surface area contributed by atoms with Gasteiger partial charge in [0, 0.05) is 30.9 Å². The van der Waals surface area contributed by atoms with E-state index < -0.39 is 0 Å². The number of H-pyrrole nitrogens is 1. The van der Waals surface area contributed by atoms with Gasteiger partial charge in [0.2, 0.25) is 0 Å². The lowest BCUT2D eigenvalue weighted by Gasteiger charge is -2.27. The van der Waals surface area contributed by atoms with Gasteiger partial charge in [-0.1, -0.05) is 18.2 Å². The lowest BCUT2D eigenvalue weighted by Crippen LogP contribution is -2.41. The van der Waals surface area contributed by atoms with Crippen molar-refractivity contribution < 1.29 is 9.18 Å². The van der Waals surface area contributed by atoms with Gasteiger partial charge in [-0.3, -0.25) is 5.10 Å². The number of aromatic nitrogens is 2. The molecule has 5 nitrogen and oxygen atoms in total. The molecule has 0 spiro atoms. The first-order valence-electron chi connectivity index (χ1n) is 8.03. The zero-order chi connectivity index (χ0) is 17.1.